The maximum absolute atomic E-state index is 10.9. The molecule has 2 aliphatic rings. The second-order valence-electron chi connectivity index (χ2n) is 17.5. The lowest BCUT2D eigenvalue weighted by Gasteiger charge is -2.49. The van der Waals surface area contributed by atoms with Crippen molar-refractivity contribution in [1.82, 2.24) is 0 Å². The Morgan fingerprint density at radius 3 is 1.32 bits per heavy atom. The van der Waals surface area contributed by atoms with Crippen LogP contribution >= 0.6 is 0 Å². The molecule has 11 heteroatoms. The monoisotopic (exact) mass is 890 g/mol. The van der Waals surface area contributed by atoms with Crippen LogP contribution in [-0.4, -0.2) is 90.4 Å². The molecule has 5 unspecified atom stereocenters. The van der Waals surface area contributed by atoms with Crippen LogP contribution in [0.25, 0.3) is 0 Å². The number of benzene rings is 5. The summed E-state index contributed by atoms with van der Waals surface area (Å²) in [6.45, 7) is 8.74. The summed E-state index contributed by atoms with van der Waals surface area (Å²) < 4.78 is 61.2. The quantitative estimate of drug-likeness (QED) is 0.0656. The van der Waals surface area contributed by atoms with Crippen LogP contribution in [0.3, 0.4) is 0 Å². The molecule has 0 saturated carbocycles. The van der Waals surface area contributed by atoms with Crippen molar-refractivity contribution in [2.45, 2.75) is 134 Å². The van der Waals surface area contributed by atoms with Gasteiger partial charge in [-0.2, -0.15) is 0 Å². The Morgan fingerprint density at radius 1 is 0.492 bits per heavy atom. The Hall–Kier alpha value is -4.34. The van der Waals surface area contributed by atoms with Gasteiger partial charge in [0.15, 0.2) is 12.6 Å². The van der Waals surface area contributed by atoms with Gasteiger partial charge < -0.3 is 52.8 Å². The van der Waals surface area contributed by atoms with Gasteiger partial charge in [0.25, 0.3) is 0 Å². The van der Waals surface area contributed by atoms with Crippen molar-refractivity contribution in [2.24, 2.45) is 5.92 Å². The molecule has 2 saturated heterocycles. The van der Waals surface area contributed by atoms with Gasteiger partial charge in [-0.1, -0.05) is 166 Å². The van der Waals surface area contributed by atoms with Crippen LogP contribution in [0.15, 0.2) is 152 Å². The molecule has 5 aromatic rings. The summed E-state index contributed by atoms with van der Waals surface area (Å²) in [4.78, 5) is 0. The molecule has 11 nitrogen and oxygen atoms in total. The number of aliphatic hydroxyl groups excluding tert-OH is 1. The van der Waals surface area contributed by atoms with Crippen molar-refractivity contribution >= 4 is 0 Å². The lowest BCUT2D eigenvalue weighted by molar-refractivity contribution is -0.383. The van der Waals surface area contributed by atoms with E-state index in [0.717, 1.165) is 27.8 Å². The molecule has 0 bridgehead atoms. The Morgan fingerprint density at radius 2 is 0.877 bits per heavy atom. The molecule has 7 rings (SSSR count). The fourth-order valence-corrected chi connectivity index (χ4v) is 8.13. The maximum atomic E-state index is 10.9. The standard InChI is InChI=1S/C54H66O11/c1-5-44-48(62-37-46(55)54(3,4)56)50(60-34-42-27-17-9-18-28-42)51(61-35-43-29-19-10-20-30-43)53(63-44)65-52-38(2)47(58-32-40-23-13-7-14-24-40)49(59-33-41-25-15-8-16-26-41)45(64-52)36-57-31-39-21-11-6-12-22-39/h6-30,38,44-53,55-56H,5,31-37H2,1-4H3/t38?,44?,45?,46-,47?,48+,49+,50-,51?,52+,53+/m0/s1. The van der Waals surface area contributed by atoms with E-state index in [1.165, 1.54) is 0 Å². The van der Waals surface area contributed by atoms with Crippen LogP contribution in [0.5, 0.6) is 0 Å². The molecule has 5 aromatic carbocycles. The Bertz CT molecular complexity index is 2050. The first-order valence-electron chi connectivity index (χ1n) is 22.9. The van der Waals surface area contributed by atoms with Gasteiger partial charge in [0, 0.05) is 5.92 Å². The fraction of sp³-hybridized carbons (Fsp3) is 0.444. The Labute approximate surface area is 384 Å². The summed E-state index contributed by atoms with van der Waals surface area (Å²) in [5, 5.41) is 21.6. The molecule has 2 fully saturated rings. The third-order valence-corrected chi connectivity index (χ3v) is 12.0. The van der Waals surface area contributed by atoms with Gasteiger partial charge in [0.1, 0.15) is 36.6 Å². The first-order chi connectivity index (χ1) is 31.7. The molecule has 0 aliphatic carbocycles. The van der Waals surface area contributed by atoms with Crippen molar-refractivity contribution in [1.29, 1.82) is 0 Å². The molecule has 2 N–H and O–H groups in total. The van der Waals surface area contributed by atoms with E-state index in [0.29, 0.717) is 26.2 Å². The van der Waals surface area contributed by atoms with Crippen molar-refractivity contribution in [3.63, 3.8) is 0 Å². The average molecular weight is 891 g/mol. The molecule has 11 atom stereocenters. The van der Waals surface area contributed by atoms with Crippen molar-refractivity contribution in [3.05, 3.63) is 179 Å². The smallest absolute Gasteiger partial charge is 0.189 e. The van der Waals surface area contributed by atoms with Crippen LogP contribution in [0.4, 0.5) is 0 Å². The van der Waals surface area contributed by atoms with Gasteiger partial charge >= 0.3 is 0 Å². The molecule has 0 amide bonds. The zero-order valence-corrected chi connectivity index (χ0v) is 38.0. The normalized spacial score (nSPS) is 26.4. The summed E-state index contributed by atoms with van der Waals surface area (Å²) in [5.41, 5.74) is 3.60. The predicted octanol–water partition coefficient (Wildman–Crippen LogP) is 8.57. The van der Waals surface area contributed by atoms with E-state index in [1.807, 2.05) is 166 Å². The van der Waals surface area contributed by atoms with Crippen LogP contribution < -0.4 is 0 Å². The van der Waals surface area contributed by atoms with Crippen molar-refractivity contribution < 1.29 is 52.8 Å². The van der Waals surface area contributed by atoms with Crippen molar-refractivity contribution in [3.8, 4) is 0 Å². The Balaban J connectivity index is 1.21. The minimum Gasteiger partial charge on any atom is -0.388 e. The Kier molecular flexibility index (Phi) is 18.3. The van der Waals surface area contributed by atoms with Gasteiger partial charge in [-0.3, -0.25) is 0 Å². The number of rotatable bonds is 23. The zero-order valence-electron chi connectivity index (χ0n) is 38.0. The van der Waals surface area contributed by atoms with Crippen LogP contribution in [0.1, 0.15) is 61.9 Å². The minimum atomic E-state index is -1.40. The summed E-state index contributed by atoms with van der Waals surface area (Å²) >= 11 is 0. The van der Waals surface area contributed by atoms with Gasteiger partial charge in [-0.15, -0.1) is 0 Å². The third kappa shape index (κ3) is 14.1. The van der Waals surface area contributed by atoms with E-state index in [9.17, 15) is 10.2 Å². The van der Waals surface area contributed by atoms with E-state index in [4.69, 9.17) is 42.6 Å². The predicted molar refractivity (Wildman–Crippen MR) is 246 cm³/mol. The maximum Gasteiger partial charge on any atom is 0.189 e. The first kappa shape index (κ1) is 48.6. The molecule has 0 aromatic heterocycles. The molecule has 2 heterocycles. The van der Waals surface area contributed by atoms with E-state index in [-0.39, 0.29) is 32.3 Å². The van der Waals surface area contributed by atoms with Crippen LogP contribution in [-0.2, 0) is 75.7 Å². The summed E-state index contributed by atoms with van der Waals surface area (Å²) in [6, 6.07) is 50.0. The van der Waals surface area contributed by atoms with Crippen LogP contribution in [0, 0.1) is 5.92 Å². The topological polar surface area (TPSA) is 124 Å². The summed E-state index contributed by atoms with van der Waals surface area (Å²) in [6.07, 6.45) is -7.00. The summed E-state index contributed by atoms with van der Waals surface area (Å²) in [7, 11) is 0. The highest BCUT2D eigenvalue weighted by molar-refractivity contribution is 5.17. The van der Waals surface area contributed by atoms with E-state index in [2.05, 4.69) is 0 Å². The van der Waals surface area contributed by atoms with Gasteiger partial charge in [-0.25, -0.2) is 0 Å². The molecule has 65 heavy (non-hydrogen) atoms. The highest BCUT2D eigenvalue weighted by atomic mass is 16.8. The lowest BCUT2D eigenvalue weighted by atomic mass is 9.91. The first-order valence-corrected chi connectivity index (χ1v) is 22.9. The highest BCUT2D eigenvalue weighted by Crippen LogP contribution is 2.38. The molecule has 348 valence electrons. The van der Waals surface area contributed by atoms with Crippen molar-refractivity contribution in [2.75, 3.05) is 13.2 Å². The van der Waals surface area contributed by atoms with Gasteiger partial charge in [0.05, 0.1) is 64.1 Å². The number of hydrogen-bond donors (Lipinski definition) is 2. The molecule has 2 aliphatic heterocycles. The number of hydrogen-bond acceptors (Lipinski definition) is 11. The highest BCUT2D eigenvalue weighted by Gasteiger charge is 2.52. The van der Waals surface area contributed by atoms with Gasteiger partial charge in [0.2, 0.25) is 0 Å². The second kappa shape index (κ2) is 24.4. The fourth-order valence-electron chi connectivity index (χ4n) is 8.13. The minimum absolute atomic E-state index is 0.158. The van der Waals surface area contributed by atoms with Gasteiger partial charge in [-0.05, 0) is 48.1 Å². The number of ether oxygens (including phenoxy) is 9. The van der Waals surface area contributed by atoms with Crippen LogP contribution in [0.2, 0.25) is 0 Å². The number of aliphatic hydroxyl groups is 2. The molecule has 0 spiro atoms. The largest absolute Gasteiger partial charge is 0.388 e. The van der Waals surface area contributed by atoms with E-state index < -0.39 is 67.0 Å². The van der Waals surface area contributed by atoms with E-state index in [1.54, 1.807) is 13.8 Å². The summed E-state index contributed by atoms with van der Waals surface area (Å²) in [5.74, 6) is -0.372. The molecule has 0 radical (unpaired) electrons. The SMILES string of the molecule is CCC1O[C@H](O[C@H]2OC(COCc3ccccc3)[C@@H](OCc3ccccc3)C(OCc3ccccc3)C2C)C(OCc2ccccc2)[C@@H](OCc2ccccc2)[C@@H]1OC[C@H](O)C(C)(C)O. The molecular weight excluding hydrogens is 825 g/mol. The second-order valence-corrected chi connectivity index (χ2v) is 17.5. The average Bonchev–Trinajstić information content (AvgIpc) is 3.33. The zero-order chi connectivity index (χ0) is 45.4. The molecular formula is C54H66O11. The third-order valence-electron chi connectivity index (χ3n) is 12.0. The van der Waals surface area contributed by atoms with E-state index >= 15 is 0 Å². The lowest BCUT2D eigenvalue weighted by Crippen LogP contribution is -2.63.